The van der Waals surface area contributed by atoms with Gasteiger partial charge in [0.1, 0.15) is 5.76 Å². The molecule has 0 bridgehead atoms. The van der Waals surface area contributed by atoms with E-state index in [2.05, 4.69) is 4.90 Å². The Kier molecular flexibility index (Phi) is 6.88. The van der Waals surface area contributed by atoms with Crippen molar-refractivity contribution in [3.63, 3.8) is 0 Å². The number of aliphatic hydroxyl groups is 1. The van der Waals surface area contributed by atoms with Gasteiger partial charge >= 0.3 is 0 Å². The zero-order chi connectivity index (χ0) is 26.2. The largest absolute Gasteiger partial charge is 0.507 e. The number of ketones is 1. The normalized spacial score (nSPS) is 23.4. The zero-order valence-corrected chi connectivity index (χ0v) is 21.4. The van der Waals surface area contributed by atoms with Crippen molar-refractivity contribution in [1.82, 2.24) is 9.80 Å². The Bertz CT molecular complexity index is 1250. The minimum absolute atomic E-state index is 0.149. The van der Waals surface area contributed by atoms with Crippen molar-refractivity contribution in [2.45, 2.75) is 32.2 Å². The minimum atomic E-state index is -1.69. The topological polar surface area (TPSA) is 90.4 Å². The van der Waals surface area contributed by atoms with Gasteiger partial charge in [-0.25, -0.2) is 0 Å². The lowest BCUT2D eigenvalue weighted by Crippen LogP contribution is -2.52. The lowest BCUT2D eigenvalue weighted by molar-refractivity contribution is -0.143. The van der Waals surface area contributed by atoms with Gasteiger partial charge in [0.15, 0.2) is 5.54 Å². The Morgan fingerprint density at radius 3 is 2.38 bits per heavy atom. The van der Waals surface area contributed by atoms with E-state index in [1.807, 2.05) is 44.2 Å². The van der Waals surface area contributed by atoms with E-state index in [-0.39, 0.29) is 23.8 Å². The Hall–Kier alpha value is -3.49. The van der Waals surface area contributed by atoms with Crippen LogP contribution in [-0.4, -0.2) is 78.4 Å². The number of fused-ring (bicyclic) bond motifs is 2. The lowest BCUT2D eigenvalue weighted by atomic mass is 9.81. The fourth-order valence-electron chi connectivity index (χ4n) is 5.75. The number of para-hydroxylation sites is 1. The number of carbonyl (C=O) groups excluding carboxylic acids is 3. The van der Waals surface area contributed by atoms with E-state index < -0.39 is 17.2 Å². The van der Waals surface area contributed by atoms with Crippen LogP contribution in [0.2, 0.25) is 0 Å². The van der Waals surface area contributed by atoms with Crippen LogP contribution >= 0.6 is 0 Å². The number of rotatable bonds is 7. The monoisotopic (exact) mass is 503 g/mol. The van der Waals surface area contributed by atoms with Crippen LogP contribution in [0.1, 0.15) is 36.5 Å². The fourth-order valence-corrected chi connectivity index (χ4v) is 5.75. The summed E-state index contributed by atoms with van der Waals surface area (Å²) in [6.45, 7) is 8.23. The van der Waals surface area contributed by atoms with Gasteiger partial charge in [0.25, 0.3) is 17.6 Å². The molecule has 0 aromatic heterocycles. The van der Waals surface area contributed by atoms with Crippen molar-refractivity contribution in [1.29, 1.82) is 0 Å². The summed E-state index contributed by atoms with van der Waals surface area (Å²) in [7, 11) is 0. The number of hydrogen-bond donors (Lipinski definition) is 1. The molecule has 1 spiro atoms. The van der Waals surface area contributed by atoms with Crippen LogP contribution in [0.3, 0.4) is 0 Å². The summed E-state index contributed by atoms with van der Waals surface area (Å²) >= 11 is 0. The van der Waals surface area contributed by atoms with Crippen molar-refractivity contribution >= 4 is 29.0 Å². The first-order valence-corrected chi connectivity index (χ1v) is 13.0. The first-order chi connectivity index (χ1) is 17.9. The van der Waals surface area contributed by atoms with Gasteiger partial charge in [-0.3, -0.25) is 19.3 Å². The number of hydrogen-bond acceptors (Lipinski definition) is 6. The van der Waals surface area contributed by atoms with Crippen LogP contribution in [0.5, 0.6) is 0 Å². The van der Waals surface area contributed by atoms with Crippen LogP contribution in [-0.2, 0) is 24.7 Å². The maximum atomic E-state index is 14.4. The molecule has 8 heteroatoms. The summed E-state index contributed by atoms with van der Waals surface area (Å²) in [5, 5.41) is 11.5. The molecule has 194 valence electrons. The van der Waals surface area contributed by atoms with E-state index in [4.69, 9.17) is 4.74 Å². The summed E-state index contributed by atoms with van der Waals surface area (Å²) in [6, 6.07) is 14.4. The van der Waals surface area contributed by atoms with Crippen LogP contribution in [0.4, 0.5) is 5.69 Å². The van der Waals surface area contributed by atoms with Gasteiger partial charge in [0.2, 0.25) is 0 Å². The molecular weight excluding hydrogens is 470 g/mol. The molecule has 8 nitrogen and oxygen atoms in total. The van der Waals surface area contributed by atoms with Crippen LogP contribution in [0, 0.1) is 6.92 Å². The molecule has 2 aromatic rings. The van der Waals surface area contributed by atoms with E-state index >= 15 is 0 Å². The molecule has 3 heterocycles. The van der Waals surface area contributed by atoms with E-state index in [0.29, 0.717) is 49.4 Å². The van der Waals surface area contributed by atoms with Gasteiger partial charge in [-0.2, -0.15) is 0 Å². The van der Waals surface area contributed by atoms with Gasteiger partial charge in [-0.15, -0.1) is 0 Å². The number of carbonyl (C=O) groups is 3. The number of nitrogens with zero attached hydrogens (tertiary/aromatic N) is 3. The van der Waals surface area contributed by atoms with Crippen molar-refractivity contribution < 1.29 is 24.2 Å². The number of anilines is 1. The van der Waals surface area contributed by atoms with E-state index in [1.165, 1.54) is 4.90 Å². The molecule has 3 aliphatic heterocycles. The second-order valence-corrected chi connectivity index (χ2v) is 9.87. The van der Waals surface area contributed by atoms with E-state index in [9.17, 15) is 19.5 Å². The number of Topliss-reactive ketones (excluding diaryl/α,β-unsaturated/α-hetero) is 1. The first kappa shape index (κ1) is 25.2. The molecule has 5 rings (SSSR count). The van der Waals surface area contributed by atoms with Crippen molar-refractivity contribution in [3.8, 4) is 0 Å². The Morgan fingerprint density at radius 2 is 1.68 bits per heavy atom. The molecule has 1 N–H and O–H groups in total. The van der Waals surface area contributed by atoms with Crippen LogP contribution in [0.25, 0.3) is 5.76 Å². The molecule has 2 amide bonds. The van der Waals surface area contributed by atoms with Gasteiger partial charge in [-0.1, -0.05) is 55.0 Å². The summed E-state index contributed by atoms with van der Waals surface area (Å²) in [4.78, 5) is 46.9. The van der Waals surface area contributed by atoms with E-state index in [0.717, 1.165) is 25.2 Å². The highest BCUT2D eigenvalue weighted by molar-refractivity contribution is 6.50. The molecule has 1 unspecified atom stereocenters. The summed E-state index contributed by atoms with van der Waals surface area (Å²) in [5.74, 6) is -2.27. The highest BCUT2D eigenvalue weighted by atomic mass is 16.5. The molecule has 1 atom stereocenters. The number of amides is 2. The molecule has 2 saturated heterocycles. The second-order valence-electron chi connectivity index (χ2n) is 9.87. The molecular formula is C29H33N3O5. The molecule has 2 fully saturated rings. The number of ether oxygens (including phenoxy) is 1. The second kappa shape index (κ2) is 10.1. The maximum absolute atomic E-state index is 14.4. The standard InChI is InChI=1S/C29H33N3O5/c1-3-13-31-23-8-5-4-7-22(23)29(28(31)36)24(25(33)21-11-9-20(2)10-12-21)26(34)27(35)32(29)15-6-14-30-16-18-37-19-17-30/h4-5,7-12,33H,3,6,13-19H2,1-2H3. The third-order valence-electron chi connectivity index (χ3n) is 7.54. The number of benzene rings is 2. The Morgan fingerprint density at radius 1 is 0.973 bits per heavy atom. The summed E-state index contributed by atoms with van der Waals surface area (Å²) in [5.41, 5.74) is 0.780. The Balaban J connectivity index is 1.64. The number of likely N-dealkylation sites (tertiary alicyclic amines) is 1. The average molecular weight is 504 g/mol. The van der Waals surface area contributed by atoms with Gasteiger partial charge in [0.05, 0.1) is 24.5 Å². The third kappa shape index (κ3) is 4.04. The fraction of sp³-hybridized carbons (Fsp3) is 0.414. The highest BCUT2D eigenvalue weighted by Gasteiger charge is 2.66. The molecule has 0 radical (unpaired) electrons. The smallest absolute Gasteiger partial charge is 0.296 e. The highest BCUT2D eigenvalue weighted by Crippen LogP contribution is 2.53. The molecule has 3 aliphatic rings. The third-order valence-corrected chi connectivity index (χ3v) is 7.54. The predicted molar refractivity (Wildman–Crippen MR) is 140 cm³/mol. The van der Waals surface area contributed by atoms with Gasteiger partial charge < -0.3 is 19.6 Å². The predicted octanol–water partition coefficient (Wildman–Crippen LogP) is 3.05. The molecule has 0 aliphatic carbocycles. The number of aryl methyl sites for hydroxylation is 1. The minimum Gasteiger partial charge on any atom is -0.507 e. The molecule has 0 saturated carbocycles. The maximum Gasteiger partial charge on any atom is 0.296 e. The molecule has 2 aromatic carbocycles. The average Bonchev–Trinajstić information content (AvgIpc) is 3.28. The number of morpholine rings is 1. The van der Waals surface area contributed by atoms with Crippen molar-refractivity contribution in [3.05, 3.63) is 70.8 Å². The van der Waals surface area contributed by atoms with Crippen LogP contribution in [0.15, 0.2) is 54.1 Å². The molecule has 37 heavy (non-hydrogen) atoms. The lowest BCUT2D eigenvalue weighted by Gasteiger charge is -2.35. The van der Waals surface area contributed by atoms with Crippen molar-refractivity contribution in [2.24, 2.45) is 0 Å². The zero-order valence-electron chi connectivity index (χ0n) is 21.4. The van der Waals surface area contributed by atoms with E-state index in [1.54, 1.807) is 23.1 Å². The SMILES string of the molecule is CCCN1C(=O)C2(C(=C(O)c3ccc(C)cc3)C(=O)C(=O)N2CCCN2CCOCC2)c2ccccc21. The summed E-state index contributed by atoms with van der Waals surface area (Å²) < 4.78 is 5.43. The van der Waals surface area contributed by atoms with Gasteiger partial charge in [0, 0.05) is 43.9 Å². The van der Waals surface area contributed by atoms with Crippen molar-refractivity contribution in [2.75, 3.05) is 50.8 Å². The van der Waals surface area contributed by atoms with Gasteiger partial charge in [-0.05, 0) is 25.8 Å². The summed E-state index contributed by atoms with van der Waals surface area (Å²) in [6.07, 6.45) is 1.29. The Labute approximate surface area is 217 Å². The number of aliphatic hydroxyl groups excluding tert-OH is 1. The van der Waals surface area contributed by atoms with Crippen LogP contribution < -0.4 is 4.90 Å². The quantitative estimate of drug-likeness (QED) is 0.355. The first-order valence-electron chi connectivity index (χ1n) is 13.0.